The fourth-order valence-corrected chi connectivity index (χ4v) is 2.58. The Labute approximate surface area is 120 Å². The predicted molar refractivity (Wildman–Crippen MR) is 78.5 cm³/mol. The van der Waals surface area contributed by atoms with E-state index >= 15 is 0 Å². The van der Waals surface area contributed by atoms with Crippen LogP contribution in [0.2, 0.25) is 0 Å². The first-order valence-corrected chi connectivity index (χ1v) is 6.94. The quantitative estimate of drug-likeness (QED) is 0.814. The molecule has 5 heteroatoms. The van der Waals surface area contributed by atoms with E-state index in [2.05, 4.69) is 16.8 Å². The topological polar surface area (TPSA) is 58.8 Å². The molecule has 20 heavy (non-hydrogen) atoms. The van der Waals surface area contributed by atoms with Gasteiger partial charge in [-0.3, -0.25) is 4.90 Å². The summed E-state index contributed by atoms with van der Waals surface area (Å²) >= 11 is 0. The number of hydrogen-bond donors (Lipinski definition) is 1. The van der Waals surface area contributed by atoms with E-state index in [1.54, 1.807) is 0 Å². The largest absolute Gasteiger partial charge is 0.465 e. The Hall–Kier alpha value is -1.43. The van der Waals surface area contributed by atoms with Crippen LogP contribution in [0.5, 0.6) is 0 Å². The SMILES string of the molecule is COC(=O)c1ccc(CN2CCN(C)CC2CN)cc1. The van der Waals surface area contributed by atoms with Crippen LogP contribution >= 0.6 is 0 Å². The fourth-order valence-electron chi connectivity index (χ4n) is 2.58. The second-order valence-electron chi connectivity index (χ2n) is 5.31. The van der Waals surface area contributed by atoms with Crippen molar-refractivity contribution in [1.82, 2.24) is 9.80 Å². The summed E-state index contributed by atoms with van der Waals surface area (Å²) in [5.74, 6) is -0.295. The first-order valence-electron chi connectivity index (χ1n) is 6.94. The van der Waals surface area contributed by atoms with E-state index in [4.69, 9.17) is 10.5 Å². The molecule has 0 spiro atoms. The maximum absolute atomic E-state index is 11.4. The lowest BCUT2D eigenvalue weighted by atomic mass is 10.1. The average Bonchev–Trinajstić information content (AvgIpc) is 2.49. The first-order chi connectivity index (χ1) is 9.63. The lowest BCUT2D eigenvalue weighted by Gasteiger charge is -2.39. The maximum atomic E-state index is 11.4. The summed E-state index contributed by atoms with van der Waals surface area (Å²) in [6.07, 6.45) is 0. The minimum absolute atomic E-state index is 0.295. The summed E-state index contributed by atoms with van der Waals surface area (Å²) in [6.45, 7) is 4.65. The van der Waals surface area contributed by atoms with Crippen LogP contribution in [0.4, 0.5) is 0 Å². The molecule has 0 amide bonds. The molecule has 1 heterocycles. The summed E-state index contributed by atoms with van der Waals surface area (Å²) in [4.78, 5) is 16.1. The van der Waals surface area contributed by atoms with Crippen molar-refractivity contribution in [2.45, 2.75) is 12.6 Å². The van der Waals surface area contributed by atoms with Crippen LogP contribution in [0.15, 0.2) is 24.3 Å². The first kappa shape index (κ1) is 15.0. The molecule has 1 saturated heterocycles. The highest BCUT2D eigenvalue weighted by atomic mass is 16.5. The summed E-state index contributed by atoms with van der Waals surface area (Å²) < 4.78 is 4.70. The van der Waals surface area contributed by atoms with Gasteiger partial charge in [-0.1, -0.05) is 12.1 Å². The van der Waals surface area contributed by atoms with Crippen LogP contribution in [0.3, 0.4) is 0 Å². The van der Waals surface area contributed by atoms with Crippen LogP contribution in [0.1, 0.15) is 15.9 Å². The number of rotatable bonds is 4. The van der Waals surface area contributed by atoms with E-state index in [1.165, 1.54) is 12.7 Å². The Bertz CT molecular complexity index is 447. The number of esters is 1. The molecular formula is C15H23N3O2. The number of hydrogen-bond acceptors (Lipinski definition) is 5. The van der Waals surface area contributed by atoms with Crippen molar-refractivity contribution in [3.8, 4) is 0 Å². The van der Waals surface area contributed by atoms with Gasteiger partial charge in [-0.05, 0) is 24.7 Å². The number of carbonyl (C=O) groups excluding carboxylic acids is 1. The van der Waals surface area contributed by atoms with Crippen molar-refractivity contribution >= 4 is 5.97 Å². The van der Waals surface area contributed by atoms with Crippen LogP contribution < -0.4 is 5.73 Å². The van der Waals surface area contributed by atoms with E-state index in [1.807, 2.05) is 24.3 Å². The van der Waals surface area contributed by atoms with Gasteiger partial charge in [0, 0.05) is 38.8 Å². The smallest absolute Gasteiger partial charge is 0.337 e. The van der Waals surface area contributed by atoms with E-state index in [9.17, 15) is 4.79 Å². The zero-order valence-electron chi connectivity index (χ0n) is 12.2. The number of methoxy groups -OCH3 is 1. The van der Waals surface area contributed by atoms with Crippen LogP contribution in [0.25, 0.3) is 0 Å². The number of benzene rings is 1. The molecule has 0 bridgehead atoms. The third-order valence-electron chi connectivity index (χ3n) is 3.84. The van der Waals surface area contributed by atoms with E-state index in [-0.39, 0.29) is 5.97 Å². The molecule has 1 aliphatic rings. The molecule has 110 valence electrons. The molecule has 1 unspecified atom stereocenters. The minimum atomic E-state index is -0.295. The summed E-state index contributed by atoms with van der Waals surface area (Å²) in [5, 5.41) is 0. The number of ether oxygens (including phenoxy) is 1. The van der Waals surface area contributed by atoms with Crippen molar-refractivity contribution in [1.29, 1.82) is 0 Å². The van der Waals surface area contributed by atoms with Gasteiger partial charge in [0.25, 0.3) is 0 Å². The number of piperazine rings is 1. The standard InChI is InChI=1S/C15H23N3O2/c1-17-7-8-18(14(9-16)11-17)10-12-3-5-13(6-4-12)15(19)20-2/h3-6,14H,7-11,16H2,1-2H3. The zero-order chi connectivity index (χ0) is 14.5. The van der Waals surface area contributed by atoms with Crippen molar-refractivity contribution in [2.75, 3.05) is 40.3 Å². The third kappa shape index (κ3) is 3.56. The Balaban J connectivity index is 2.00. The molecule has 1 aromatic rings. The number of nitrogens with two attached hydrogens (primary N) is 1. The molecule has 2 N–H and O–H groups in total. The highest BCUT2D eigenvalue weighted by Gasteiger charge is 2.23. The second kappa shape index (κ2) is 6.83. The molecule has 1 atom stereocenters. The van der Waals surface area contributed by atoms with Gasteiger partial charge >= 0.3 is 5.97 Å². The van der Waals surface area contributed by atoms with Gasteiger partial charge < -0.3 is 15.4 Å². The van der Waals surface area contributed by atoms with Gasteiger partial charge in [-0.2, -0.15) is 0 Å². The number of carbonyl (C=O) groups is 1. The lowest BCUT2D eigenvalue weighted by molar-refractivity contribution is 0.0600. The van der Waals surface area contributed by atoms with Gasteiger partial charge in [0.05, 0.1) is 12.7 Å². The molecule has 0 aliphatic carbocycles. The second-order valence-corrected chi connectivity index (χ2v) is 5.31. The van der Waals surface area contributed by atoms with E-state index < -0.39 is 0 Å². The maximum Gasteiger partial charge on any atom is 0.337 e. The van der Waals surface area contributed by atoms with Gasteiger partial charge in [0.1, 0.15) is 0 Å². The molecule has 5 nitrogen and oxygen atoms in total. The minimum Gasteiger partial charge on any atom is -0.465 e. The fraction of sp³-hybridized carbons (Fsp3) is 0.533. The van der Waals surface area contributed by atoms with Crippen LogP contribution in [-0.4, -0.2) is 62.1 Å². The Morgan fingerprint density at radius 3 is 2.65 bits per heavy atom. The Morgan fingerprint density at radius 1 is 1.35 bits per heavy atom. The van der Waals surface area contributed by atoms with Crippen LogP contribution in [0, 0.1) is 0 Å². The van der Waals surface area contributed by atoms with E-state index in [0.717, 1.165) is 26.2 Å². The van der Waals surface area contributed by atoms with Crippen LogP contribution in [-0.2, 0) is 11.3 Å². The normalized spacial score (nSPS) is 20.9. The van der Waals surface area contributed by atoms with Crippen molar-refractivity contribution < 1.29 is 9.53 Å². The molecule has 0 aromatic heterocycles. The molecule has 0 saturated carbocycles. The lowest BCUT2D eigenvalue weighted by Crippen LogP contribution is -2.54. The molecule has 1 fully saturated rings. The summed E-state index contributed by atoms with van der Waals surface area (Å²) in [5.41, 5.74) is 7.64. The van der Waals surface area contributed by atoms with Gasteiger partial charge in [0.2, 0.25) is 0 Å². The van der Waals surface area contributed by atoms with Crippen molar-refractivity contribution in [2.24, 2.45) is 5.73 Å². The predicted octanol–water partition coefficient (Wildman–Crippen LogP) is 0.548. The van der Waals surface area contributed by atoms with Gasteiger partial charge in [0.15, 0.2) is 0 Å². The molecular weight excluding hydrogens is 254 g/mol. The average molecular weight is 277 g/mol. The summed E-state index contributed by atoms with van der Waals surface area (Å²) in [6, 6.07) is 7.99. The van der Waals surface area contributed by atoms with Crippen molar-refractivity contribution in [3.05, 3.63) is 35.4 Å². The Morgan fingerprint density at radius 2 is 2.05 bits per heavy atom. The molecule has 2 rings (SSSR count). The molecule has 0 radical (unpaired) electrons. The highest BCUT2D eigenvalue weighted by molar-refractivity contribution is 5.89. The third-order valence-corrected chi connectivity index (χ3v) is 3.84. The van der Waals surface area contributed by atoms with Gasteiger partial charge in [-0.25, -0.2) is 4.79 Å². The Kier molecular flexibility index (Phi) is 5.11. The molecule has 1 aromatic carbocycles. The molecule has 1 aliphatic heterocycles. The monoisotopic (exact) mass is 277 g/mol. The number of likely N-dealkylation sites (N-methyl/N-ethyl adjacent to an activating group) is 1. The van der Waals surface area contributed by atoms with E-state index in [0.29, 0.717) is 18.2 Å². The number of nitrogens with zero attached hydrogens (tertiary/aromatic N) is 2. The highest BCUT2D eigenvalue weighted by Crippen LogP contribution is 2.14. The summed E-state index contributed by atoms with van der Waals surface area (Å²) in [7, 11) is 3.53. The van der Waals surface area contributed by atoms with Gasteiger partial charge in [-0.15, -0.1) is 0 Å². The zero-order valence-corrected chi connectivity index (χ0v) is 12.2. The van der Waals surface area contributed by atoms with Crippen molar-refractivity contribution in [3.63, 3.8) is 0 Å².